The van der Waals surface area contributed by atoms with Crippen LogP contribution in [0.4, 0.5) is 24.5 Å². The van der Waals surface area contributed by atoms with Crippen molar-refractivity contribution >= 4 is 28.4 Å². The van der Waals surface area contributed by atoms with E-state index in [2.05, 4.69) is 5.32 Å². The molecule has 0 saturated carbocycles. The van der Waals surface area contributed by atoms with Crippen LogP contribution in [0.5, 0.6) is 0 Å². The molecule has 1 atom stereocenters. The molecule has 1 saturated heterocycles. The second kappa shape index (κ2) is 8.13. The SMILES string of the molecule is CC(C(=O)Nc1cc(C(F)(F)F)ccc1N1CCCCC1)n1c(=O)oc2ccccc21. The third-order valence-electron chi connectivity index (χ3n) is 5.56. The number of hydrogen-bond donors (Lipinski definition) is 1. The van der Waals surface area contributed by atoms with Crippen LogP contribution in [0.25, 0.3) is 11.1 Å². The molecule has 6 nitrogen and oxygen atoms in total. The zero-order valence-corrected chi connectivity index (χ0v) is 16.9. The molecule has 1 aromatic heterocycles. The fourth-order valence-corrected chi connectivity index (χ4v) is 3.93. The Morgan fingerprint density at radius 1 is 1.10 bits per heavy atom. The number of nitrogens with one attached hydrogen (secondary N) is 1. The van der Waals surface area contributed by atoms with Crippen molar-refractivity contribution in [3.8, 4) is 0 Å². The third kappa shape index (κ3) is 4.17. The summed E-state index contributed by atoms with van der Waals surface area (Å²) in [6.07, 6.45) is -1.61. The first-order valence-electron chi connectivity index (χ1n) is 10.1. The Balaban J connectivity index is 1.68. The Morgan fingerprint density at radius 2 is 1.81 bits per heavy atom. The Labute approximate surface area is 176 Å². The van der Waals surface area contributed by atoms with E-state index in [4.69, 9.17) is 4.42 Å². The summed E-state index contributed by atoms with van der Waals surface area (Å²) in [5.41, 5.74) is 0.546. The number of benzene rings is 2. The van der Waals surface area contributed by atoms with Gasteiger partial charge in [-0.25, -0.2) is 4.79 Å². The molecule has 1 fully saturated rings. The van der Waals surface area contributed by atoms with Crippen molar-refractivity contribution in [2.45, 2.75) is 38.4 Å². The average molecular weight is 433 g/mol. The van der Waals surface area contributed by atoms with Gasteiger partial charge in [-0.3, -0.25) is 9.36 Å². The number of fused-ring (bicyclic) bond motifs is 1. The van der Waals surface area contributed by atoms with Crippen molar-refractivity contribution in [2.75, 3.05) is 23.3 Å². The Bertz CT molecular complexity index is 1160. The number of nitrogens with zero attached hydrogens (tertiary/aromatic N) is 2. The summed E-state index contributed by atoms with van der Waals surface area (Å²) in [6.45, 7) is 2.91. The molecule has 1 amide bonds. The number of piperidine rings is 1. The normalized spacial score (nSPS) is 15.8. The lowest BCUT2D eigenvalue weighted by Crippen LogP contribution is -2.32. The number of carbonyl (C=O) groups is 1. The zero-order valence-electron chi connectivity index (χ0n) is 16.9. The number of amides is 1. The molecule has 9 heteroatoms. The van der Waals surface area contributed by atoms with Crippen molar-refractivity contribution in [2.24, 2.45) is 0 Å². The zero-order chi connectivity index (χ0) is 22.2. The van der Waals surface area contributed by atoms with Gasteiger partial charge in [0.25, 0.3) is 0 Å². The van der Waals surface area contributed by atoms with Gasteiger partial charge >= 0.3 is 11.9 Å². The van der Waals surface area contributed by atoms with Gasteiger partial charge in [-0.15, -0.1) is 0 Å². The molecule has 3 aromatic rings. The molecular formula is C22H22F3N3O3. The van der Waals surface area contributed by atoms with Crippen LogP contribution in [0.15, 0.2) is 51.7 Å². The summed E-state index contributed by atoms with van der Waals surface area (Å²) < 4.78 is 46.3. The van der Waals surface area contributed by atoms with Crippen molar-refractivity contribution in [3.63, 3.8) is 0 Å². The first-order chi connectivity index (χ1) is 14.8. The van der Waals surface area contributed by atoms with Crippen LogP contribution in [0.3, 0.4) is 0 Å². The molecule has 1 unspecified atom stereocenters. The van der Waals surface area contributed by atoms with Gasteiger partial charge in [0, 0.05) is 13.1 Å². The van der Waals surface area contributed by atoms with Crippen molar-refractivity contribution in [3.05, 3.63) is 58.6 Å². The summed E-state index contributed by atoms with van der Waals surface area (Å²) in [6, 6.07) is 9.05. The van der Waals surface area contributed by atoms with Gasteiger partial charge in [0.1, 0.15) is 6.04 Å². The minimum absolute atomic E-state index is 0.0782. The van der Waals surface area contributed by atoms with Crippen LogP contribution >= 0.6 is 0 Å². The van der Waals surface area contributed by atoms with Crippen LogP contribution in [-0.2, 0) is 11.0 Å². The van der Waals surface area contributed by atoms with Gasteiger partial charge in [-0.05, 0) is 56.5 Å². The molecule has 0 aliphatic carbocycles. The van der Waals surface area contributed by atoms with Crippen LogP contribution in [0.1, 0.15) is 37.8 Å². The van der Waals surface area contributed by atoms with Gasteiger partial charge in [-0.2, -0.15) is 13.2 Å². The number of rotatable bonds is 4. The Kier molecular flexibility index (Phi) is 5.51. The maximum absolute atomic E-state index is 13.3. The van der Waals surface area contributed by atoms with E-state index in [1.165, 1.54) is 17.6 Å². The van der Waals surface area contributed by atoms with E-state index in [0.717, 1.165) is 31.4 Å². The van der Waals surface area contributed by atoms with E-state index < -0.39 is 29.4 Å². The Hall–Kier alpha value is -3.23. The lowest BCUT2D eigenvalue weighted by molar-refractivity contribution is -0.137. The highest BCUT2D eigenvalue weighted by Gasteiger charge is 2.32. The minimum Gasteiger partial charge on any atom is -0.408 e. The van der Waals surface area contributed by atoms with Crippen LogP contribution in [0.2, 0.25) is 0 Å². The topological polar surface area (TPSA) is 67.5 Å². The van der Waals surface area contributed by atoms with Crippen molar-refractivity contribution < 1.29 is 22.4 Å². The number of halogens is 3. The molecule has 2 heterocycles. The first-order valence-corrected chi connectivity index (χ1v) is 10.1. The maximum Gasteiger partial charge on any atom is 0.420 e. The molecule has 0 spiro atoms. The number of carbonyl (C=O) groups excluding carboxylic acids is 1. The predicted molar refractivity (Wildman–Crippen MR) is 111 cm³/mol. The van der Waals surface area contributed by atoms with Gasteiger partial charge in [0.2, 0.25) is 5.91 Å². The highest BCUT2D eigenvalue weighted by atomic mass is 19.4. The minimum atomic E-state index is -4.54. The van der Waals surface area contributed by atoms with Gasteiger partial charge in [0.05, 0.1) is 22.5 Å². The molecule has 1 aliphatic heterocycles. The highest BCUT2D eigenvalue weighted by molar-refractivity contribution is 5.97. The number of oxazole rings is 1. The number of para-hydroxylation sites is 2. The molecule has 2 aromatic carbocycles. The van der Waals surface area contributed by atoms with E-state index >= 15 is 0 Å². The summed E-state index contributed by atoms with van der Waals surface area (Å²) in [4.78, 5) is 27.3. The van der Waals surface area contributed by atoms with Gasteiger partial charge < -0.3 is 14.6 Å². The van der Waals surface area contributed by atoms with Crippen LogP contribution in [-0.4, -0.2) is 23.6 Å². The van der Waals surface area contributed by atoms with E-state index in [-0.39, 0.29) is 5.69 Å². The lowest BCUT2D eigenvalue weighted by Gasteiger charge is -2.31. The van der Waals surface area contributed by atoms with Crippen LogP contribution in [0, 0.1) is 0 Å². The van der Waals surface area contributed by atoms with Crippen molar-refractivity contribution in [1.29, 1.82) is 0 Å². The highest BCUT2D eigenvalue weighted by Crippen LogP contribution is 2.36. The van der Waals surface area contributed by atoms with Gasteiger partial charge in [-0.1, -0.05) is 12.1 Å². The lowest BCUT2D eigenvalue weighted by atomic mass is 10.1. The molecule has 1 N–H and O–H groups in total. The monoisotopic (exact) mass is 433 g/mol. The summed E-state index contributed by atoms with van der Waals surface area (Å²) in [5.74, 6) is -1.31. The fourth-order valence-electron chi connectivity index (χ4n) is 3.93. The van der Waals surface area contributed by atoms with E-state index in [0.29, 0.717) is 29.9 Å². The molecule has 31 heavy (non-hydrogen) atoms. The summed E-state index contributed by atoms with van der Waals surface area (Å²) >= 11 is 0. The number of anilines is 2. The Morgan fingerprint density at radius 3 is 2.52 bits per heavy atom. The average Bonchev–Trinajstić information content (AvgIpc) is 3.08. The largest absolute Gasteiger partial charge is 0.420 e. The first kappa shape index (κ1) is 21.0. The van der Waals surface area contributed by atoms with Gasteiger partial charge in [0.15, 0.2) is 5.58 Å². The fraction of sp³-hybridized carbons (Fsp3) is 0.364. The second-order valence-electron chi connectivity index (χ2n) is 7.65. The molecule has 0 bridgehead atoms. The second-order valence-corrected chi connectivity index (χ2v) is 7.65. The molecule has 164 valence electrons. The standard InChI is InChI=1S/C22H22F3N3O3/c1-14(28-18-7-3-4-8-19(18)31-21(28)30)20(29)26-16-13-15(22(23,24)25)9-10-17(16)27-11-5-2-6-12-27/h3-4,7-10,13-14H,2,5-6,11-12H2,1H3,(H,26,29). The van der Waals surface area contributed by atoms with Crippen LogP contribution < -0.4 is 16.0 Å². The predicted octanol–water partition coefficient (Wildman–Crippen LogP) is 4.80. The molecule has 4 rings (SSSR count). The summed E-state index contributed by atoms with van der Waals surface area (Å²) in [7, 11) is 0. The number of alkyl halides is 3. The van der Waals surface area contributed by atoms with E-state index in [1.807, 2.05) is 4.90 Å². The molecular weight excluding hydrogens is 411 g/mol. The summed E-state index contributed by atoms with van der Waals surface area (Å²) in [5, 5.41) is 2.62. The maximum atomic E-state index is 13.3. The van der Waals surface area contributed by atoms with E-state index in [9.17, 15) is 22.8 Å². The van der Waals surface area contributed by atoms with E-state index in [1.54, 1.807) is 24.3 Å². The smallest absolute Gasteiger partial charge is 0.408 e. The molecule has 1 aliphatic rings. The molecule has 0 radical (unpaired) electrons. The third-order valence-corrected chi connectivity index (χ3v) is 5.56. The number of hydrogen-bond acceptors (Lipinski definition) is 4. The number of aromatic nitrogens is 1. The quantitative estimate of drug-likeness (QED) is 0.642. The van der Waals surface area contributed by atoms with Crippen molar-refractivity contribution in [1.82, 2.24) is 4.57 Å².